The highest BCUT2D eigenvalue weighted by Crippen LogP contribution is 2.55. The van der Waals surface area contributed by atoms with Crippen molar-refractivity contribution in [2.75, 3.05) is 4.90 Å². The Bertz CT molecular complexity index is 1400. The molecule has 0 amide bonds. The number of Topliss-reactive ketones (excluding diaryl/α,β-unsaturated/α-hetero) is 1. The number of halogens is 2. The van der Waals surface area contributed by atoms with Crippen LogP contribution in [-0.4, -0.2) is 17.9 Å². The predicted molar refractivity (Wildman–Crippen MR) is 134 cm³/mol. The van der Waals surface area contributed by atoms with Crippen LogP contribution in [-0.2, 0) is 0 Å². The predicted octanol–water partition coefficient (Wildman–Crippen LogP) is 6.59. The maximum Gasteiger partial charge on any atom is 0.185 e. The van der Waals surface area contributed by atoms with Crippen LogP contribution < -0.4 is 4.90 Å². The van der Waals surface area contributed by atoms with Crippen LogP contribution in [0.2, 0.25) is 10.0 Å². The fourth-order valence-electron chi connectivity index (χ4n) is 5.20. The molecule has 3 unspecified atom stereocenters. The van der Waals surface area contributed by atoms with Gasteiger partial charge in [0.15, 0.2) is 11.2 Å². The number of nitrogens with zero attached hydrogens (tertiary/aromatic N) is 3. The van der Waals surface area contributed by atoms with Gasteiger partial charge in [0, 0.05) is 17.2 Å². The molecule has 3 aromatic carbocycles. The van der Waals surface area contributed by atoms with E-state index in [1.165, 1.54) is 0 Å². The number of ketones is 1. The average Bonchev–Trinajstić information content (AvgIpc) is 3.16. The van der Waals surface area contributed by atoms with Crippen LogP contribution in [0.3, 0.4) is 0 Å². The Kier molecular flexibility index (Phi) is 5.45. The molecule has 0 aromatic heterocycles. The molecule has 2 aliphatic rings. The second-order valence-electron chi connectivity index (χ2n) is 8.69. The molecule has 0 bridgehead atoms. The van der Waals surface area contributed by atoms with Crippen LogP contribution in [0.1, 0.15) is 33.0 Å². The summed E-state index contributed by atoms with van der Waals surface area (Å²) >= 11 is 12.5. The number of rotatable bonds is 3. The van der Waals surface area contributed by atoms with Crippen molar-refractivity contribution in [2.24, 2.45) is 5.41 Å². The van der Waals surface area contributed by atoms with E-state index in [0.29, 0.717) is 21.2 Å². The first-order valence-corrected chi connectivity index (χ1v) is 11.6. The maximum absolute atomic E-state index is 14.1. The zero-order valence-electron chi connectivity index (χ0n) is 18.2. The number of hydrogen-bond donors (Lipinski definition) is 0. The third-order valence-electron chi connectivity index (χ3n) is 6.82. The molecule has 0 saturated carbocycles. The van der Waals surface area contributed by atoms with Gasteiger partial charge in [-0.1, -0.05) is 89.4 Å². The Labute approximate surface area is 208 Å². The third-order valence-corrected chi connectivity index (χ3v) is 7.56. The van der Waals surface area contributed by atoms with Gasteiger partial charge in [0.2, 0.25) is 0 Å². The Hall–Kier alpha value is -3.57. The van der Waals surface area contributed by atoms with Gasteiger partial charge in [0.05, 0.1) is 28.2 Å². The number of anilines is 1. The van der Waals surface area contributed by atoms with E-state index in [0.717, 1.165) is 16.8 Å². The summed E-state index contributed by atoms with van der Waals surface area (Å²) < 4.78 is 0. The zero-order chi connectivity index (χ0) is 24.0. The van der Waals surface area contributed by atoms with Crippen molar-refractivity contribution in [3.8, 4) is 12.1 Å². The lowest BCUT2D eigenvalue weighted by atomic mass is 9.69. The molecular formula is C28H19Cl2N3O. The highest BCUT2D eigenvalue weighted by molar-refractivity contribution is 6.42. The summed E-state index contributed by atoms with van der Waals surface area (Å²) in [5.74, 6) is -0.912. The van der Waals surface area contributed by atoms with Gasteiger partial charge in [-0.2, -0.15) is 10.5 Å². The van der Waals surface area contributed by atoms with Crippen LogP contribution in [0.5, 0.6) is 0 Å². The molecule has 0 radical (unpaired) electrons. The van der Waals surface area contributed by atoms with Crippen LogP contribution in [0.15, 0.2) is 72.8 Å². The number of fused-ring (bicyclic) bond motifs is 3. The molecule has 2 aliphatic heterocycles. The van der Waals surface area contributed by atoms with Crippen LogP contribution >= 0.6 is 23.2 Å². The van der Waals surface area contributed by atoms with Crippen molar-refractivity contribution in [3.63, 3.8) is 0 Å². The van der Waals surface area contributed by atoms with E-state index in [9.17, 15) is 15.3 Å². The van der Waals surface area contributed by atoms with Gasteiger partial charge >= 0.3 is 0 Å². The smallest absolute Gasteiger partial charge is 0.185 e. The Morgan fingerprint density at radius 3 is 2.35 bits per heavy atom. The van der Waals surface area contributed by atoms with Gasteiger partial charge in [0.25, 0.3) is 0 Å². The third kappa shape index (κ3) is 3.23. The first kappa shape index (κ1) is 22.2. The van der Waals surface area contributed by atoms with Gasteiger partial charge < -0.3 is 4.90 Å². The summed E-state index contributed by atoms with van der Waals surface area (Å²) in [7, 11) is 0. The fraction of sp³-hybridized carbons (Fsp3) is 0.179. The number of carbonyl (C=O) groups excluding carboxylic acids is 1. The highest BCUT2D eigenvalue weighted by Gasteiger charge is 2.63. The number of carbonyl (C=O) groups is 1. The van der Waals surface area contributed by atoms with Crippen molar-refractivity contribution >= 4 is 40.7 Å². The standard InChI is InChI=1S/C28H19Cl2N3O/c1-17-6-8-19(9-7-17)27(34)26-25(20-10-12-21(29)22(30)14-20)28(15-31,16-32)24-13-11-18-4-2-3-5-23(18)33(24)26/h2-14,24-26H,1H3. The maximum atomic E-state index is 14.1. The number of nitriles is 2. The van der Waals surface area contributed by atoms with E-state index in [2.05, 4.69) is 12.1 Å². The average molecular weight is 484 g/mol. The van der Waals surface area contributed by atoms with Crippen molar-refractivity contribution in [1.82, 2.24) is 0 Å². The number of hydrogen-bond acceptors (Lipinski definition) is 4. The van der Waals surface area contributed by atoms with Gasteiger partial charge in [0.1, 0.15) is 6.04 Å². The summed E-state index contributed by atoms with van der Waals surface area (Å²) in [5.41, 5.74) is 2.42. The zero-order valence-corrected chi connectivity index (χ0v) is 19.8. The van der Waals surface area contributed by atoms with E-state index < -0.39 is 23.4 Å². The molecule has 5 rings (SSSR count). The van der Waals surface area contributed by atoms with Gasteiger partial charge in [-0.15, -0.1) is 0 Å². The second kappa shape index (κ2) is 8.33. The summed E-state index contributed by atoms with van der Waals surface area (Å²) in [4.78, 5) is 16.1. The van der Waals surface area contributed by atoms with Gasteiger partial charge in [-0.05, 0) is 36.2 Å². The molecule has 0 N–H and O–H groups in total. The first-order valence-electron chi connectivity index (χ1n) is 10.8. The molecule has 166 valence electrons. The van der Waals surface area contributed by atoms with Crippen LogP contribution in [0, 0.1) is 35.0 Å². The van der Waals surface area contributed by atoms with E-state index >= 15 is 0 Å². The molecule has 34 heavy (non-hydrogen) atoms. The minimum Gasteiger partial charge on any atom is -0.351 e. The van der Waals surface area contributed by atoms with Crippen molar-refractivity contribution in [3.05, 3.63) is 105 Å². The summed E-state index contributed by atoms with van der Waals surface area (Å²) in [6, 6.07) is 23.3. The van der Waals surface area contributed by atoms with Crippen molar-refractivity contribution < 1.29 is 4.79 Å². The summed E-state index contributed by atoms with van der Waals surface area (Å²) in [6.07, 6.45) is 3.78. The lowest BCUT2D eigenvalue weighted by Gasteiger charge is -2.35. The number of para-hydroxylation sites is 1. The van der Waals surface area contributed by atoms with Crippen LogP contribution in [0.4, 0.5) is 5.69 Å². The molecule has 0 spiro atoms. The molecule has 3 atom stereocenters. The largest absolute Gasteiger partial charge is 0.351 e. The molecule has 0 aliphatic carbocycles. The van der Waals surface area contributed by atoms with Crippen molar-refractivity contribution in [1.29, 1.82) is 10.5 Å². The molecule has 4 nitrogen and oxygen atoms in total. The Morgan fingerprint density at radius 1 is 0.971 bits per heavy atom. The van der Waals surface area contributed by atoms with Gasteiger partial charge in [-0.3, -0.25) is 4.79 Å². The molecule has 6 heteroatoms. The lowest BCUT2D eigenvalue weighted by Crippen LogP contribution is -2.44. The van der Waals surface area contributed by atoms with Crippen LogP contribution in [0.25, 0.3) is 6.08 Å². The van der Waals surface area contributed by atoms with E-state index in [1.54, 1.807) is 30.3 Å². The van der Waals surface area contributed by atoms with E-state index in [1.807, 2.05) is 60.4 Å². The summed E-state index contributed by atoms with van der Waals surface area (Å²) in [6.45, 7) is 1.96. The number of aryl methyl sites for hydroxylation is 1. The molecule has 2 heterocycles. The minimum atomic E-state index is -1.52. The topological polar surface area (TPSA) is 67.9 Å². The van der Waals surface area contributed by atoms with E-state index in [-0.39, 0.29) is 5.78 Å². The monoisotopic (exact) mass is 483 g/mol. The second-order valence-corrected chi connectivity index (χ2v) is 9.50. The quantitative estimate of drug-likeness (QED) is 0.394. The molecule has 1 fully saturated rings. The molecular weight excluding hydrogens is 465 g/mol. The fourth-order valence-corrected chi connectivity index (χ4v) is 5.51. The SMILES string of the molecule is Cc1ccc(C(=O)C2C(c3ccc(Cl)c(Cl)c3)C(C#N)(C#N)C3C=Cc4ccccc4N23)cc1. The van der Waals surface area contributed by atoms with Crippen molar-refractivity contribution in [2.45, 2.75) is 24.9 Å². The van der Waals surface area contributed by atoms with E-state index in [4.69, 9.17) is 23.2 Å². The molecule has 3 aromatic rings. The number of benzene rings is 3. The Balaban J connectivity index is 1.79. The lowest BCUT2D eigenvalue weighted by molar-refractivity contribution is 0.0951. The highest BCUT2D eigenvalue weighted by atomic mass is 35.5. The first-order chi connectivity index (χ1) is 16.4. The molecule has 1 saturated heterocycles. The summed E-state index contributed by atoms with van der Waals surface area (Å²) in [5, 5.41) is 21.6. The minimum absolute atomic E-state index is 0.154. The normalized spacial score (nSPS) is 21.8. The Morgan fingerprint density at radius 2 is 1.68 bits per heavy atom. The van der Waals surface area contributed by atoms with Gasteiger partial charge in [-0.25, -0.2) is 0 Å².